The van der Waals surface area contributed by atoms with Crippen LogP contribution in [0.25, 0.3) is 0 Å². The van der Waals surface area contributed by atoms with Crippen LogP contribution in [-0.4, -0.2) is 31.5 Å². The average Bonchev–Trinajstić information content (AvgIpc) is 2.21. The van der Waals surface area contributed by atoms with Gasteiger partial charge in [0.15, 0.2) is 21.5 Å². The number of nitrogens with one attached hydrogen (secondary N) is 1. The van der Waals surface area contributed by atoms with Crippen LogP contribution in [0, 0.1) is 5.82 Å². The van der Waals surface area contributed by atoms with Crippen molar-refractivity contribution in [1.82, 2.24) is 4.98 Å². The SMILES string of the molecule is CCS(=O)(=O)CCNc1ncccc1F. The van der Waals surface area contributed by atoms with Crippen molar-refractivity contribution in [1.29, 1.82) is 0 Å². The molecule has 1 rings (SSSR count). The number of hydrogen-bond donors (Lipinski definition) is 1. The van der Waals surface area contributed by atoms with Crippen molar-refractivity contribution < 1.29 is 12.8 Å². The van der Waals surface area contributed by atoms with Gasteiger partial charge in [-0.15, -0.1) is 0 Å². The molecule has 1 aromatic heterocycles. The Bertz CT molecular complexity index is 420. The zero-order valence-electron chi connectivity index (χ0n) is 8.40. The smallest absolute Gasteiger partial charge is 0.165 e. The second-order valence-electron chi connectivity index (χ2n) is 3.00. The van der Waals surface area contributed by atoms with Crippen molar-refractivity contribution in [2.24, 2.45) is 0 Å². The lowest BCUT2D eigenvalue weighted by atomic mass is 10.4. The Morgan fingerprint density at radius 1 is 1.53 bits per heavy atom. The van der Waals surface area contributed by atoms with E-state index in [9.17, 15) is 12.8 Å². The van der Waals surface area contributed by atoms with Crippen LogP contribution < -0.4 is 5.32 Å². The Morgan fingerprint density at radius 2 is 2.27 bits per heavy atom. The molecule has 0 aliphatic rings. The van der Waals surface area contributed by atoms with Crippen LogP contribution in [0.3, 0.4) is 0 Å². The molecule has 6 heteroatoms. The number of sulfone groups is 1. The van der Waals surface area contributed by atoms with Gasteiger partial charge in [-0.05, 0) is 12.1 Å². The van der Waals surface area contributed by atoms with E-state index in [0.29, 0.717) is 0 Å². The number of nitrogens with zero attached hydrogens (tertiary/aromatic N) is 1. The fraction of sp³-hybridized carbons (Fsp3) is 0.444. The monoisotopic (exact) mass is 232 g/mol. The molecule has 0 aliphatic heterocycles. The van der Waals surface area contributed by atoms with E-state index in [4.69, 9.17) is 0 Å². The van der Waals surface area contributed by atoms with Gasteiger partial charge >= 0.3 is 0 Å². The Hall–Kier alpha value is -1.17. The van der Waals surface area contributed by atoms with Gasteiger partial charge in [-0.3, -0.25) is 0 Å². The second kappa shape index (κ2) is 5.06. The second-order valence-corrected chi connectivity index (χ2v) is 5.47. The van der Waals surface area contributed by atoms with Gasteiger partial charge in [-0.2, -0.15) is 0 Å². The maximum Gasteiger partial charge on any atom is 0.165 e. The van der Waals surface area contributed by atoms with Gasteiger partial charge in [0.25, 0.3) is 0 Å². The molecule has 0 radical (unpaired) electrons. The molecule has 1 heterocycles. The van der Waals surface area contributed by atoms with Crippen LogP contribution in [0.2, 0.25) is 0 Å². The predicted octanol–water partition coefficient (Wildman–Crippen LogP) is 1.07. The summed E-state index contributed by atoms with van der Waals surface area (Å²) in [6.07, 6.45) is 1.44. The fourth-order valence-electron chi connectivity index (χ4n) is 0.985. The molecule has 0 aliphatic carbocycles. The number of hydrogen-bond acceptors (Lipinski definition) is 4. The molecular formula is C9H13FN2O2S. The van der Waals surface area contributed by atoms with Crippen molar-refractivity contribution in [2.75, 3.05) is 23.4 Å². The fourth-order valence-corrected chi connectivity index (χ4v) is 1.69. The summed E-state index contributed by atoms with van der Waals surface area (Å²) < 4.78 is 35.3. The summed E-state index contributed by atoms with van der Waals surface area (Å²) >= 11 is 0. The van der Waals surface area contributed by atoms with E-state index in [-0.39, 0.29) is 23.9 Å². The van der Waals surface area contributed by atoms with Crippen molar-refractivity contribution in [3.05, 3.63) is 24.1 Å². The Balaban J connectivity index is 2.49. The average molecular weight is 232 g/mol. The molecule has 4 nitrogen and oxygen atoms in total. The van der Waals surface area contributed by atoms with Gasteiger partial charge in [0, 0.05) is 18.5 Å². The van der Waals surface area contributed by atoms with Crippen molar-refractivity contribution >= 4 is 15.7 Å². The van der Waals surface area contributed by atoms with Crippen LogP contribution in [-0.2, 0) is 9.84 Å². The largest absolute Gasteiger partial charge is 0.367 e. The Kier molecular flexibility index (Phi) is 4.02. The molecule has 1 aromatic rings. The Labute approximate surface area is 88.5 Å². The standard InChI is InChI=1S/C9H13FN2O2S/c1-2-15(13,14)7-6-12-9-8(10)4-3-5-11-9/h3-5H,2,6-7H2,1H3,(H,11,12). The molecule has 0 saturated heterocycles. The third-order valence-electron chi connectivity index (χ3n) is 1.90. The summed E-state index contributed by atoms with van der Waals surface area (Å²) in [5.74, 6) is -0.311. The van der Waals surface area contributed by atoms with Crippen molar-refractivity contribution in [3.8, 4) is 0 Å². The van der Waals surface area contributed by atoms with E-state index in [1.165, 1.54) is 18.3 Å². The molecule has 0 unspecified atom stereocenters. The molecule has 0 fully saturated rings. The summed E-state index contributed by atoms with van der Waals surface area (Å²) in [6, 6.07) is 2.74. The first-order valence-corrected chi connectivity index (χ1v) is 6.42. The first kappa shape index (κ1) is 11.9. The first-order valence-electron chi connectivity index (χ1n) is 4.60. The summed E-state index contributed by atoms with van der Waals surface area (Å²) in [5, 5.41) is 2.64. The predicted molar refractivity (Wildman–Crippen MR) is 57.0 cm³/mol. The normalized spacial score (nSPS) is 11.3. The van der Waals surface area contributed by atoms with Crippen LogP contribution in [0.1, 0.15) is 6.92 Å². The van der Waals surface area contributed by atoms with Crippen molar-refractivity contribution in [3.63, 3.8) is 0 Å². The number of pyridine rings is 1. The highest BCUT2D eigenvalue weighted by Crippen LogP contribution is 2.07. The van der Waals surface area contributed by atoms with E-state index < -0.39 is 15.7 Å². The molecule has 1 N–H and O–H groups in total. The lowest BCUT2D eigenvalue weighted by molar-refractivity contribution is 0.597. The third-order valence-corrected chi connectivity index (χ3v) is 3.61. The summed E-state index contributed by atoms with van der Waals surface area (Å²) in [4.78, 5) is 3.74. The highest BCUT2D eigenvalue weighted by atomic mass is 32.2. The minimum Gasteiger partial charge on any atom is -0.367 e. The lowest BCUT2D eigenvalue weighted by Crippen LogP contribution is -2.18. The van der Waals surface area contributed by atoms with E-state index in [1.54, 1.807) is 6.92 Å². The summed E-state index contributed by atoms with van der Waals surface area (Å²) in [6.45, 7) is 1.75. The van der Waals surface area contributed by atoms with E-state index in [1.807, 2.05) is 0 Å². The van der Waals surface area contributed by atoms with Crippen LogP contribution in [0.5, 0.6) is 0 Å². The van der Waals surface area contributed by atoms with Gasteiger partial charge in [0.1, 0.15) is 0 Å². The first-order chi connectivity index (χ1) is 7.05. The summed E-state index contributed by atoms with van der Waals surface area (Å²) in [7, 11) is -3.02. The van der Waals surface area contributed by atoms with E-state index in [0.717, 1.165) is 0 Å². The number of aromatic nitrogens is 1. The molecule has 15 heavy (non-hydrogen) atoms. The summed E-state index contributed by atoms with van der Waals surface area (Å²) in [5.41, 5.74) is 0. The van der Waals surface area contributed by atoms with Gasteiger partial charge in [-0.25, -0.2) is 17.8 Å². The minimum absolute atomic E-state index is 0.0144. The van der Waals surface area contributed by atoms with Gasteiger partial charge < -0.3 is 5.32 Å². The third kappa shape index (κ3) is 3.83. The number of halogens is 1. The zero-order valence-corrected chi connectivity index (χ0v) is 9.22. The molecule has 0 atom stereocenters. The van der Waals surface area contributed by atoms with E-state index in [2.05, 4.69) is 10.3 Å². The van der Waals surface area contributed by atoms with Crippen LogP contribution >= 0.6 is 0 Å². The van der Waals surface area contributed by atoms with Gasteiger partial charge in [0.2, 0.25) is 0 Å². The Morgan fingerprint density at radius 3 is 2.87 bits per heavy atom. The highest BCUT2D eigenvalue weighted by molar-refractivity contribution is 7.91. The molecule has 84 valence electrons. The lowest BCUT2D eigenvalue weighted by Gasteiger charge is -2.05. The van der Waals surface area contributed by atoms with Crippen molar-refractivity contribution in [2.45, 2.75) is 6.92 Å². The quantitative estimate of drug-likeness (QED) is 0.825. The molecule has 0 amide bonds. The number of anilines is 1. The molecule has 0 bridgehead atoms. The van der Waals surface area contributed by atoms with Gasteiger partial charge in [0.05, 0.1) is 5.75 Å². The molecule has 0 spiro atoms. The highest BCUT2D eigenvalue weighted by Gasteiger charge is 2.07. The topological polar surface area (TPSA) is 59.1 Å². The molecular weight excluding hydrogens is 219 g/mol. The van der Waals surface area contributed by atoms with Crippen LogP contribution in [0.15, 0.2) is 18.3 Å². The van der Waals surface area contributed by atoms with Gasteiger partial charge in [-0.1, -0.05) is 6.92 Å². The van der Waals surface area contributed by atoms with E-state index >= 15 is 0 Å². The number of rotatable bonds is 5. The van der Waals surface area contributed by atoms with Crippen LogP contribution in [0.4, 0.5) is 10.2 Å². The zero-order chi connectivity index (χ0) is 11.3. The maximum atomic E-state index is 13.0. The minimum atomic E-state index is -3.02. The molecule has 0 aromatic carbocycles. The molecule has 0 saturated carbocycles. The maximum absolute atomic E-state index is 13.0.